The maximum atomic E-state index is 12.5. The van der Waals surface area contributed by atoms with E-state index >= 15 is 0 Å². The molecular formula is C15H22N2O4. The second-order valence-corrected chi connectivity index (χ2v) is 4.59. The predicted octanol–water partition coefficient (Wildman–Crippen LogP) is 1.76. The van der Waals surface area contributed by atoms with Crippen LogP contribution in [-0.4, -0.2) is 22.3 Å². The second-order valence-electron chi connectivity index (χ2n) is 4.59. The number of hydrogen-bond donors (Lipinski definition) is 0. The Labute approximate surface area is 123 Å². The summed E-state index contributed by atoms with van der Waals surface area (Å²) in [7, 11) is 0. The van der Waals surface area contributed by atoms with Crippen LogP contribution in [0, 0.1) is 6.92 Å². The van der Waals surface area contributed by atoms with E-state index in [9.17, 15) is 9.59 Å². The van der Waals surface area contributed by atoms with Crippen molar-refractivity contribution < 1.29 is 9.47 Å². The summed E-state index contributed by atoms with van der Waals surface area (Å²) in [5.74, 6) is 0. The Morgan fingerprint density at radius 3 is 2.05 bits per heavy atom. The Kier molecular flexibility index (Phi) is 6.33. The van der Waals surface area contributed by atoms with Gasteiger partial charge in [-0.2, -0.15) is 0 Å². The number of rotatable bonds is 8. The lowest BCUT2D eigenvalue weighted by atomic mass is 10.4. The molecule has 1 aromatic rings. The van der Waals surface area contributed by atoms with Crippen LogP contribution in [0.3, 0.4) is 0 Å². The van der Waals surface area contributed by atoms with Crippen molar-refractivity contribution in [3.63, 3.8) is 0 Å². The highest BCUT2D eigenvalue weighted by molar-refractivity contribution is 5.01. The van der Waals surface area contributed by atoms with Crippen molar-refractivity contribution >= 4 is 0 Å². The van der Waals surface area contributed by atoms with Crippen LogP contribution in [0.1, 0.15) is 32.0 Å². The van der Waals surface area contributed by atoms with Gasteiger partial charge in [0, 0.05) is 11.8 Å². The van der Waals surface area contributed by atoms with E-state index in [-0.39, 0.29) is 6.61 Å². The van der Waals surface area contributed by atoms with Gasteiger partial charge in [0.2, 0.25) is 0 Å². The standard InChI is InChI=1S/C15H22N2O4/c1-6-8-20-12(4)16-11(3)10-14(18)17(15(16)19)13(5)21-9-7-2/h6-7,10,12-13H,1-2,8-9H2,3-5H3/t12-,13+/m1/s1. The van der Waals surface area contributed by atoms with E-state index in [1.54, 1.807) is 32.9 Å². The smallest absolute Gasteiger partial charge is 0.335 e. The molecule has 0 aliphatic carbocycles. The van der Waals surface area contributed by atoms with Crippen LogP contribution in [0.15, 0.2) is 41.0 Å². The van der Waals surface area contributed by atoms with Gasteiger partial charge in [-0.25, -0.2) is 9.36 Å². The molecule has 21 heavy (non-hydrogen) atoms. The summed E-state index contributed by atoms with van der Waals surface area (Å²) in [5.41, 5.74) is -0.330. The number of hydrogen-bond acceptors (Lipinski definition) is 4. The fourth-order valence-electron chi connectivity index (χ4n) is 2.02. The molecule has 0 aliphatic heterocycles. The average Bonchev–Trinajstić information content (AvgIpc) is 2.42. The van der Waals surface area contributed by atoms with E-state index in [4.69, 9.17) is 9.47 Å². The van der Waals surface area contributed by atoms with Crippen molar-refractivity contribution in [2.75, 3.05) is 13.2 Å². The minimum Gasteiger partial charge on any atom is -0.354 e. The van der Waals surface area contributed by atoms with E-state index in [0.717, 1.165) is 4.57 Å². The molecule has 0 amide bonds. The average molecular weight is 294 g/mol. The summed E-state index contributed by atoms with van der Waals surface area (Å²) < 4.78 is 13.3. The van der Waals surface area contributed by atoms with Gasteiger partial charge >= 0.3 is 5.69 Å². The molecule has 0 unspecified atom stereocenters. The minimum atomic E-state index is -0.679. The second kappa shape index (κ2) is 7.75. The fourth-order valence-corrected chi connectivity index (χ4v) is 2.02. The highest BCUT2D eigenvalue weighted by Crippen LogP contribution is 2.08. The van der Waals surface area contributed by atoms with Gasteiger partial charge in [0.05, 0.1) is 13.2 Å². The first-order valence-corrected chi connectivity index (χ1v) is 6.73. The monoisotopic (exact) mass is 294 g/mol. The summed E-state index contributed by atoms with van der Waals surface area (Å²) in [6.07, 6.45) is 1.97. The number of aromatic nitrogens is 2. The van der Waals surface area contributed by atoms with Gasteiger partial charge in [-0.3, -0.25) is 9.36 Å². The van der Waals surface area contributed by atoms with Crippen LogP contribution < -0.4 is 11.2 Å². The van der Waals surface area contributed by atoms with E-state index in [0.29, 0.717) is 12.3 Å². The van der Waals surface area contributed by atoms with Gasteiger partial charge in [-0.1, -0.05) is 12.2 Å². The topological polar surface area (TPSA) is 62.5 Å². The molecule has 0 N–H and O–H groups in total. The minimum absolute atomic E-state index is 0.253. The molecule has 1 rings (SSSR count). The van der Waals surface area contributed by atoms with Crippen LogP contribution in [-0.2, 0) is 9.47 Å². The summed E-state index contributed by atoms with van der Waals surface area (Å²) in [5, 5.41) is 0. The molecule has 2 atom stereocenters. The van der Waals surface area contributed by atoms with Crippen LogP contribution in [0.4, 0.5) is 0 Å². The first-order chi connectivity index (χ1) is 9.93. The third kappa shape index (κ3) is 4.03. The first-order valence-electron chi connectivity index (χ1n) is 6.73. The third-order valence-corrected chi connectivity index (χ3v) is 3.00. The van der Waals surface area contributed by atoms with Crippen LogP contribution >= 0.6 is 0 Å². The third-order valence-electron chi connectivity index (χ3n) is 3.00. The number of aryl methyl sites for hydroxylation is 1. The van der Waals surface area contributed by atoms with Gasteiger partial charge in [0.1, 0.15) is 12.5 Å². The number of ether oxygens (including phenoxy) is 2. The molecule has 0 saturated heterocycles. The Morgan fingerprint density at radius 2 is 1.57 bits per heavy atom. The molecule has 0 aliphatic rings. The number of nitrogens with zero attached hydrogens (tertiary/aromatic N) is 2. The molecule has 6 nitrogen and oxygen atoms in total. The van der Waals surface area contributed by atoms with Crippen molar-refractivity contribution in [1.29, 1.82) is 0 Å². The van der Waals surface area contributed by atoms with Gasteiger partial charge < -0.3 is 9.47 Å². The van der Waals surface area contributed by atoms with Crippen LogP contribution in [0.2, 0.25) is 0 Å². The molecule has 6 heteroatoms. The summed E-state index contributed by atoms with van der Waals surface area (Å²) >= 11 is 0. The fraction of sp³-hybridized carbons (Fsp3) is 0.467. The van der Waals surface area contributed by atoms with Crippen LogP contribution in [0.25, 0.3) is 0 Å². The zero-order valence-corrected chi connectivity index (χ0v) is 12.7. The molecule has 0 bridgehead atoms. The molecule has 0 aromatic carbocycles. The Morgan fingerprint density at radius 1 is 1.10 bits per heavy atom. The lowest BCUT2D eigenvalue weighted by Crippen LogP contribution is -2.44. The quantitative estimate of drug-likeness (QED) is 0.685. The lowest BCUT2D eigenvalue weighted by Gasteiger charge is -2.21. The maximum Gasteiger partial charge on any atom is 0.335 e. The van der Waals surface area contributed by atoms with Crippen molar-refractivity contribution in [3.8, 4) is 0 Å². The molecule has 0 radical (unpaired) electrons. The van der Waals surface area contributed by atoms with Gasteiger partial charge in [0.15, 0.2) is 0 Å². The molecule has 1 heterocycles. The summed E-state index contributed by atoms with van der Waals surface area (Å²) in [4.78, 5) is 24.6. The van der Waals surface area contributed by atoms with E-state index < -0.39 is 23.7 Å². The van der Waals surface area contributed by atoms with Gasteiger partial charge in [-0.15, -0.1) is 13.2 Å². The lowest BCUT2D eigenvalue weighted by molar-refractivity contribution is 0.0107. The summed E-state index contributed by atoms with van der Waals surface area (Å²) in [6, 6.07) is 1.39. The normalized spacial score (nSPS) is 13.7. The first kappa shape index (κ1) is 17.1. The molecular weight excluding hydrogens is 272 g/mol. The molecule has 1 aromatic heterocycles. The van der Waals surface area contributed by atoms with Crippen molar-refractivity contribution in [2.24, 2.45) is 0 Å². The predicted molar refractivity (Wildman–Crippen MR) is 81.4 cm³/mol. The van der Waals surface area contributed by atoms with Crippen LogP contribution in [0.5, 0.6) is 0 Å². The van der Waals surface area contributed by atoms with Gasteiger partial charge in [0.25, 0.3) is 5.56 Å². The Hall–Kier alpha value is -1.92. The zero-order chi connectivity index (χ0) is 16.0. The molecule has 0 saturated carbocycles. The Bertz CT molecular complexity index is 615. The highest BCUT2D eigenvalue weighted by Gasteiger charge is 2.17. The SMILES string of the molecule is C=CCO[C@@H](C)n1c(=O)cc(C)n([C@@H](C)OCC=C)c1=O. The molecule has 0 fully saturated rings. The largest absolute Gasteiger partial charge is 0.354 e. The molecule has 116 valence electrons. The van der Waals surface area contributed by atoms with Crippen molar-refractivity contribution in [1.82, 2.24) is 9.13 Å². The van der Waals surface area contributed by atoms with E-state index in [2.05, 4.69) is 13.2 Å². The summed E-state index contributed by atoms with van der Waals surface area (Å²) in [6.45, 7) is 12.7. The van der Waals surface area contributed by atoms with Gasteiger partial charge in [-0.05, 0) is 20.8 Å². The van der Waals surface area contributed by atoms with Crippen molar-refractivity contribution in [2.45, 2.75) is 33.2 Å². The van der Waals surface area contributed by atoms with E-state index in [1.807, 2.05) is 0 Å². The van der Waals surface area contributed by atoms with E-state index in [1.165, 1.54) is 10.6 Å². The highest BCUT2D eigenvalue weighted by atomic mass is 16.5. The zero-order valence-electron chi connectivity index (χ0n) is 12.7. The van der Waals surface area contributed by atoms with Crippen molar-refractivity contribution in [3.05, 3.63) is 57.9 Å². The maximum absolute atomic E-state index is 12.5. The Balaban J connectivity index is 3.28. The molecule has 0 spiro atoms.